The lowest BCUT2D eigenvalue weighted by Gasteiger charge is -2.42. The second kappa shape index (κ2) is 3.54. The van der Waals surface area contributed by atoms with Crippen LogP contribution in [0, 0.1) is 0 Å². The molecule has 0 spiro atoms. The minimum absolute atomic E-state index is 0.00947. The van der Waals surface area contributed by atoms with Crippen LogP contribution < -0.4 is 0 Å². The Balaban J connectivity index is 2.64. The van der Waals surface area contributed by atoms with Crippen molar-refractivity contribution in [2.45, 2.75) is 43.5 Å². The van der Waals surface area contributed by atoms with Gasteiger partial charge in [0, 0.05) is 6.42 Å². The van der Waals surface area contributed by atoms with Crippen LogP contribution in [0.5, 0.6) is 0 Å². The molecule has 4 unspecified atom stereocenters. The van der Waals surface area contributed by atoms with Crippen LogP contribution in [-0.4, -0.2) is 39.7 Å². The Kier molecular flexibility index (Phi) is 3.04. The Morgan fingerprint density at radius 3 is 2.58 bits per heavy atom. The average molecular weight is 192 g/mol. The number of hydrogen-bond donors (Lipinski definition) is 2. The lowest BCUT2D eigenvalue weighted by Crippen LogP contribution is -2.55. The molecule has 2 N–H and O–H groups in total. The number of hydrogen-bond acceptors (Lipinski definition) is 4. The number of ether oxygens (including phenoxy) is 1. The van der Waals surface area contributed by atoms with Gasteiger partial charge in [-0.15, -0.1) is 11.8 Å². The van der Waals surface area contributed by atoms with Gasteiger partial charge in [-0.05, 0) is 20.1 Å². The van der Waals surface area contributed by atoms with Gasteiger partial charge < -0.3 is 14.9 Å². The first kappa shape index (κ1) is 10.3. The van der Waals surface area contributed by atoms with Crippen molar-refractivity contribution in [2.24, 2.45) is 0 Å². The Labute approximate surface area is 77.1 Å². The molecule has 0 aromatic heterocycles. The summed E-state index contributed by atoms with van der Waals surface area (Å²) in [7, 11) is 0. The molecule has 0 aromatic carbocycles. The van der Waals surface area contributed by atoms with E-state index in [0.29, 0.717) is 6.42 Å². The summed E-state index contributed by atoms with van der Waals surface area (Å²) in [6.45, 7) is 3.39. The summed E-state index contributed by atoms with van der Waals surface area (Å²) in [5.41, 5.74) is -1.10. The third kappa shape index (κ3) is 1.76. The molecule has 0 aliphatic carbocycles. The van der Waals surface area contributed by atoms with Gasteiger partial charge in [0.2, 0.25) is 0 Å². The van der Waals surface area contributed by atoms with Crippen LogP contribution >= 0.6 is 11.8 Å². The highest BCUT2D eigenvalue weighted by Crippen LogP contribution is 2.32. The van der Waals surface area contributed by atoms with Gasteiger partial charge in [-0.1, -0.05) is 0 Å². The molecule has 1 rings (SSSR count). The van der Waals surface area contributed by atoms with Gasteiger partial charge in [0.25, 0.3) is 0 Å². The van der Waals surface area contributed by atoms with Crippen molar-refractivity contribution < 1.29 is 14.9 Å². The third-order valence-electron chi connectivity index (χ3n) is 2.53. The quantitative estimate of drug-likeness (QED) is 0.638. The first-order valence-corrected chi connectivity index (χ1v) is 5.36. The summed E-state index contributed by atoms with van der Waals surface area (Å²) in [6, 6.07) is 0. The van der Waals surface area contributed by atoms with Crippen LogP contribution in [0.15, 0.2) is 0 Å². The number of rotatable bonds is 1. The maximum atomic E-state index is 9.74. The standard InChI is InChI=1S/C8H16O3S/c1-5-8(2,10)6(9)4-7(11-5)12-3/h5-7,9-10H,4H2,1-3H3. The number of aliphatic hydroxyl groups is 2. The van der Waals surface area contributed by atoms with Gasteiger partial charge in [-0.2, -0.15) is 0 Å². The van der Waals surface area contributed by atoms with Crippen molar-refractivity contribution in [3.8, 4) is 0 Å². The molecular weight excluding hydrogens is 176 g/mol. The molecule has 0 aromatic rings. The summed E-state index contributed by atoms with van der Waals surface area (Å²) in [5, 5.41) is 19.3. The van der Waals surface area contributed by atoms with E-state index in [2.05, 4.69) is 0 Å². The highest BCUT2D eigenvalue weighted by molar-refractivity contribution is 7.99. The molecular formula is C8H16O3S. The van der Waals surface area contributed by atoms with E-state index in [4.69, 9.17) is 4.74 Å². The van der Waals surface area contributed by atoms with Gasteiger partial charge in [-0.3, -0.25) is 0 Å². The van der Waals surface area contributed by atoms with E-state index in [1.165, 1.54) is 0 Å². The normalized spacial score (nSPS) is 49.2. The van der Waals surface area contributed by atoms with Gasteiger partial charge in [-0.25, -0.2) is 0 Å². The summed E-state index contributed by atoms with van der Waals surface area (Å²) in [6.07, 6.45) is 1.44. The van der Waals surface area contributed by atoms with Crippen LogP contribution in [0.2, 0.25) is 0 Å². The van der Waals surface area contributed by atoms with E-state index in [0.717, 1.165) is 0 Å². The maximum Gasteiger partial charge on any atom is 0.114 e. The molecule has 1 aliphatic heterocycles. The van der Waals surface area contributed by atoms with E-state index in [-0.39, 0.29) is 11.5 Å². The lowest BCUT2D eigenvalue weighted by atomic mass is 9.89. The van der Waals surface area contributed by atoms with Crippen LogP contribution in [0.1, 0.15) is 20.3 Å². The number of thioether (sulfide) groups is 1. The fourth-order valence-corrected chi connectivity index (χ4v) is 1.92. The number of aliphatic hydroxyl groups excluding tert-OH is 1. The van der Waals surface area contributed by atoms with Gasteiger partial charge in [0.1, 0.15) is 11.0 Å². The molecule has 1 fully saturated rings. The van der Waals surface area contributed by atoms with Gasteiger partial charge in [0.15, 0.2) is 0 Å². The second-order valence-electron chi connectivity index (χ2n) is 3.42. The zero-order valence-corrected chi connectivity index (χ0v) is 8.47. The average Bonchev–Trinajstić information content (AvgIpc) is 2.00. The topological polar surface area (TPSA) is 49.7 Å². The summed E-state index contributed by atoms with van der Waals surface area (Å²) in [4.78, 5) is 0. The zero-order valence-electron chi connectivity index (χ0n) is 7.65. The molecule has 0 saturated carbocycles. The van der Waals surface area contributed by atoms with Crippen molar-refractivity contribution in [3.63, 3.8) is 0 Å². The highest BCUT2D eigenvalue weighted by Gasteiger charge is 2.43. The Bertz CT molecular complexity index is 146. The largest absolute Gasteiger partial charge is 0.390 e. The SMILES string of the molecule is CSC1CC(O)C(C)(O)C(C)O1. The summed E-state index contributed by atoms with van der Waals surface area (Å²) >= 11 is 1.56. The fraction of sp³-hybridized carbons (Fsp3) is 1.00. The summed E-state index contributed by atoms with van der Waals surface area (Å²) in [5.74, 6) is 0. The van der Waals surface area contributed by atoms with Crippen LogP contribution in [0.25, 0.3) is 0 Å². The minimum Gasteiger partial charge on any atom is -0.390 e. The minimum atomic E-state index is -1.10. The molecule has 1 heterocycles. The first-order valence-electron chi connectivity index (χ1n) is 4.07. The van der Waals surface area contributed by atoms with Crippen LogP contribution in [0.3, 0.4) is 0 Å². The van der Waals surface area contributed by atoms with Crippen molar-refractivity contribution in [1.82, 2.24) is 0 Å². The predicted molar refractivity (Wildman–Crippen MR) is 49.1 cm³/mol. The van der Waals surface area contributed by atoms with Crippen LogP contribution in [-0.2, 0) is 4.74 Å². The fourth-order valence-electron chi connectivity index (χ4n) is 1.26. The lowest BCUT2D eigenvalue weighted by molar-refractivity contribution is -0.194. The molecule has 1 aliphatic rings. The smallest absolute Gasteiger partial charge is 0.114 e. The highest BCUT2D eigenvalue weighted by atomic mass is 32.2. The predicted octanol–water partition coefficient (Wildman–Crippen LogP) is 0.596. The second-order valence-corrected chi connectivity index (χ2v) is 4.42. The molecule has 12 heavy (non-hydrogen) atoms. The molecule has 1 saturated heterocycles. The molecule has 0 radical (unpaired) electrons. The van der Waals surface area contributed by atoms with E-state index < -0.39 is 11.7 Å². The zero-order chi connectivity index (χ0) is 9.35. The molecule has 0 amide bonds. The summed E-state index contributed by atoms with van der Waals surface area (Å²) < 4.78 is 5.47. The van der Waals surface area contributed by atoms with E-state index in [1.807, 2.05) is 6.26 Å². The van der Waals surface area contributed by atoms with Crippen molar-refractivity contribution in [1.29, 1.82) is 0 Å². The van der Waals surface area contributed by atoms with Crippen molar-refractivity contribution >= 4 is 11.8 Å². The first-order chi connectivity index (χ1) is 5.48. The van der Waals surface area contributed by atoms with E-state index in [9.17, 15) is 10.2 Å². The molecule has 4 atom stereocenters. The van der Waals surface area contributed by atoms with Crippen LogP contribution in [0.4, 0.5) is 0 Å². The monoisotopic (exact) mass is 192 g/mol. The maximum absolute atomic E-state index is 9.74. The molecule has 72 valence electrons. The van der Waals surface area contributed by atoms with Gasteiger partial charge in [0.05, 0.1) is 12.2 Å². The third-order valence-corrected chi connectivity index (χ3v) is 3.36. The Morgan fingerprint density at radius 2 is 2.17 bits per heavy atom. The molecule has 4 heteroatoms. The van der Waals surface area contributed by atoms with E-state index in [1.54, 1.807) is 25.6 Å². The van der Waals surface area contributed by atoms with Crippen molar-refractivity contribution in [2.75, 3.05) is 6.26 Å². The molecule has 0 bridgehead atoms. The van der Waals surface area contributed by atoms with Crippen molar-refractivity contribution in [3.05, 3.63) is 0 Å². The molecule has 3 nitrogen and oxygen atoms in total. The Hall–Kier alpha value is 0.230. The van der Waals surface area contributed by atoms with E-state index >= 15 is 0 Å². The van der Waals surface area contributed by atoms with Gasteiger partial charge >= 0.3 is 0 Å². The Morgan fingerprint density at radius 1 is 1.58 bits per heavy atom.